The lowest BCUT2D eigenvalue weighted by Gasteiger charge is -2.18. The van der Waals surface area contributed by atoms with Gasteiger partial charge < -0.3 is 11.1 Å². The molecule has 1 atom stereocenters. The van der Waals surface area contributed by atoms with Crippen molar-refractivity contribution in [3.05, 3.63) is 58.6 Å². The number of hydrogen-bond acceptors (Lipinski definition) is 2. The molecule has 1 unspecified atom stereocenters. The van der Waals surface area contributed by atoms with Crippen molar-refractivity contribution in [1.29, 1.82) is 0 Å². The Balaban J connectivity index is 2.21. The maximum Gasteiger partial charge on any atom is 0.0581 e. The Morgan fingerprint density at radius 2 is 1.89 bits per heavy atom. The molecule has 0 radical (unpaired) electrons. The second kappa shape index (κ2) is 5.32. The van der Waals surface area contributed by atoms with Gasteiger partial charge in [0.2, 0.25) is 0 Å². The molecule has 2 rings (SSSR count). The van der Waals surface area contributed by atoms with Crippen molar-refractivity contribution in [2.75, 3.05) is 11.1 Å². The first-order valence-electron chi connectivity index (χ1n) is 5.95. The summed E-state index contributed by atoms with van der Waals surface area (Å²) in [5.41, 5.74) is 10.0. The average molecular weight is 261 g/mol. The van der Waals surface area contributed by atoms with Gasteiger partial charge in [0.1, 0.15) is 0 Å². The summed E-state index contributed by atoms with van der Waals surface area (Å²) in [5, 5.41) is 4.16. The van der Waals surface area contributed by atoms with Crippen molar-refractivity contribution in [2.45, 2.75) is 19.9 Å². The van der Waals surface area contributed by atoms with Crippen LogP contribution in [-0.4, -0.2) is 0 Å². The van der Waals surface area contributed by atoms with Crippen LogP contribution in [0.3, 0.4) is 0 Å². The summed E-state index contributed by atoms with van der Waals surface area (Å²) in [6.07, 6.45) is 0. The Bertz CT molecular complexity index is 552. The summed E-state index contributed by atoms with van der Waals surface area (Å²) >= 11 is 6.00. The lowest BCUT2D eigenvalue weighted by Crippen LogP contribution is -2.08. The second-order valence-corrected chi connectivity index (χ2v) is 4.89. The number of anilines is 2. The van der Waals surface area contributed by atoms with Crippen LogP contribution >= 0.6 is 11.6 Å². The van der Waals surface area contributed by atoms with Gasteiger partial charge in [-0.3, -0.25) is 0 Å². The van der Waals surface area contributed by atoms with Crippen LogP contribution in [0.4, 0.5) is 11.4 Å². The zero-order valence-electron chi connectivity index (χ0n) is 10.6. The van der Waals surface area contributed by atoms with Gasteiger partial charge in [0.05, 0.1) is 11.4 Å². The third-order valence-corrected chi connectivity index (χ3v) is 3.28. The molecule has 18 heavy (non-hydrogen) atoms. The molecular weight excluding hydrogens is 244 g/mol. The number of hydrogen-bond donors (Lipinski definition) is 2. The van der Waals surface area contributed by atoms with Crippen LogP contribution in [-0.2, 0) is 0 Å². The molecule has 0 aliphatic rings. The number of nitrogens with one attached hydrogen (secondary N) is 1. The Kier molecular flexibility index (Phi) is 3.78. The lowest BCUT2D eigenvalue weighted by atomic mass is 10.1. The van der Waals surface area contributed by atoms with Gasteiger partial charge in [0.15, 0.2) is 0 Å². The molecule has 0 amide bonds. The fraction of sp³-hybridized carbons (Fsp3) is 0.200. The molecule has 2 nitrogen and oxygen atoms in total. The van der Waals surface area contributed by atoms with Gasteiger partial charge >= 0.3 is 0 Å². The minimum atomic E-state index is 0.160. The van der Waals surface area contributed by atoms with E-state index in [2.05, 4.69) is 18.3 Å². The van der Waals surface area contributed by atoms with Gasteiger partial charge in [-0.05, 0) is 43.2 Å². The minimum absolute atomic E-state index is 0.160. The third-order valence-electron chi connectivity index (χ3n) is 3.04. The quantitative estimate of drug-likeness (QED) is 0.803. The molecule has 0 fully saturated rings. The zero-order chi connectivity index (χ0) is 13.1. The molecule has 0 heterocycles. The van der Waals surface area contributed by atoms with Crippen LogP contribution in [0, 0.1) is 6.92 Å². The van der Waals surface area contributed by atoms with Gasteiger partial charge in [-0.2, -0.15) is 0 Å². The second-order valence-electron chi connectivity index (χ2n) is 4.46. The van der Waals surface area contributed by atoms with Crippen LogP contribution in [0.2, 0.25) is 5.02 Å². The fourth-order valence-corrected chi connectivity index (χ4v) is 2.10. The Hall–Kier alpha value is -1.67. The maximum atomic E-state index is 6.05. The fourth-order valence-electron chi connectivity index (χ4n) is 1.90. The molecule has 3 heteroatoms. The highest BCUT2D eigenvalue weighted by molar-refractivity contribution is 6.30. The molecule has 0 spiro atoms. The molecular formula is C15H17ClN2. The first kappa shape index (κ1) is 12.8. The van der Waals surface area contributed by atoms with E-state index in [1.165, 1.54) is 0 Å². The van der Waals surface area contributed by atoms with Crippen LogP contribution in [0.15, 0.2) is 42.5 Å². The topological polar surface area (TPSA) is 38.0 Å². The third kappa shape index (κ3) is 2.77. The number of nitrogen functional groups attached to an aromatic ring is 1. The van der Waals surface area contributed by atoms with Gasteiger partial charge in [-0.15, -0.1) is 0 Å². The molecule has 0 aliphatic carbocycles. The van der Waals surface area contributed by atoms with Gasteiger partial charge in [0.25, 0.3) is 0 Å². The Morgan fingerprint density at radius 1 is 1.17 bits per heavy atom. The summed E-state index contributed by atoms with van der Waals surface area (Å²) in [5.74, 6) is 0. The first-order valence-corrected chi connectivity index (χ1v) is 6.33. The molecule has 0 saturated carbocycles. The smallest absolute Gasteiger partial charge is 0.0581 e. The maximum absolute atomic E-state index is 6.05. The highest BCUT2D eigenvalue weighted by atomic mass is 35.5. The predicted molar refractivity (Wildman–Crippen MR) is 79.1 cm³/mol. The van der Waals surface area contributed by atoms with Crippen molar-refractivity contribution in [3.63, 3.8) is 0 Å². The van der Waals surface area contributed by atoms with Gasteiger partial charge in [0, 0.05) is 11.1 Å². The van der Waals surface area contributed by atoms with Crippen molar-refractivity contribution >= 4 is 23.0 Å². The van der Waals surface area contributed by atoms with Gasteiger partial charge in [-0.25, -0.2) is 0 Å². The molecule has 2 aromatic carbocycles. The summed E-state index contributed by atoms with van der Waals surface area (Å²) in [7, 11) is 0. The molecule has 0 aliphatic heterocycles. The summed E-state index contributed by atoms with van der Waals surface area (Å²) in [6, 6.07) is 14.0. The van der Waals surface area contributed by atoms with Crippen LogP contribution in [0.25, 0.3) is 0 Å². The van der Waals surface area contributed by atoms with Crippen molar-refractivity contribution < 1.29 is 0 Å². The van der Waals surface area contributed by atoms with E-state index in [0.29, 0.717) is 0 Å². The normalized spacial score (nSPS) is 12.2. The summed E-state index contributed by atoms with van der Waals surface area (Å²) < 4.78 is 0. The highest BCUT2D eigenvalue weighted by Crippen LogP contribution is 2.27. The van der Waals surface area contributed by atoms with E-state index in [1.807, 2.05) is 43.3 Å². The minimum Gasteiger partial charge on any atom is -0.397 e. The number of nitrogens with two attached hydrogens (primary N) is 1. The number of halogens is 1. The number of aryl methyl sites for hydroxylation is 1. The summed E-state index contributed by atoms with van der Waals surface area (Å²) in [6.45, 7) is 4.10. The Morgan fingerprint density at radius 3 is 2.61 bits per heavy atom. The highest BCUT2D eigenvalue weighted by Gasteiger charge is 2.08. The van der Waals surface area contributed by atoms with Crippen LogP contribution in [0.1, 0.15) is 24.1 Å². The van der Waals surface area contributed by atoms with Crippen molar-refractivity contribution in [3.8, 4) is 0 Å². The van der Waals surface area contributed by atoms with E-state index in [4.69, 9.17) is 17.3 Å². The monoisotopic (exact) mass is 260 g/mol. The largest absolute Gasteiger partial charge is 0.397 e. The van der Waals surface area contributed by atoms with Crippen molar-refractivity contribution in [2.24, 2.45) is 0 Å². The molecule has 0 saturated heterocycles. The molecule has 94 valence electrons. The van der Waals surface area contributed by atoms with E-state index >= 15 is 0 Å². The predicted octanol–water partition coefficient (Wildman–Crippen LogP) is 4.40. The van der Waals surface area contributed by atoms with E-state index in [1.54, 1.807) is 0 Å². The van der Waals surface area contributed by atoms with E-state index in [-0.39, 0.29) is 6.04 Å². The zero-order valence-corrected chi connectivity index (χ0v) is 11.3. The molecule has 2 aromatic rings. The number of rotatable bonds is 3. The molecule has 0 aromatic heterocycles. The first-order chi connectivity index (χ1) is 8.58. The van der Waals surface area contributed by atoms with E-state index in [0.717, 1.165) is 27.5 Å². The standard InChI is InChI=1S/C15H17ClN2/c1-10-5-3-8-14(15(10)17)18-11(2)12-6-4-7-13(16)9-12/h3-9,11,18H,17H2,1-2H3. The van der Waals surface area contributed by atoms with E-state index in [9.17, 15) is 0 Å². The average Bonchev–Trinajstić information content (AvgIpc) is 2.35. The Labute approximate surface area is 113 Å². The lowest BCUT2D eigenvalue weighted by molar-refractivity contribution is 0.885. The van der Waals surface area contributed by atoms with Crippen LogP contribution < -0.4 is 11.1 Å². The summed E-state index contributed by atoms with van der Waals surface area (Å²) in [4.78, 5) is 0. The SMILES string of the molecule is Cc1cccc(NC(C)c2cccc(Cl)c2)c1N. The van der Waals surface area contributed by atoms with Crippen LogP contribution in [0.5, 0.6) is 0 Å². The molecule has 0 bridgehead atoms. The van der Waals surface area contributed by atoms with Crippen molar-refractivity contribution in [1.82, 2.24) is 0 Å². The molecule has 3 N–H and O–H groups in total. The van der Waals surface area contributed by atoms with Gasteiger partial charge in [-0.1, -0.05) is 35.9 Å². The van der Waals surface area contributed by atoms with E-state index < -0.39 is 0 Å². The number of para-hydroxylation sites is 1. The number of benzene rings is 2.